The number of hydrogen-bond donors (Lipinski definition) is 1. The standard InChI is InChI=1S/C11H12BNO/c12-9-4-2-8(3-5-9)11(10(13)14)6-1-7-11/h2-5H,1,6-7H2,(H2,13,14). The van der Waals surface area contributed by atoms with Gasteiger partial charge < -0.3 is 5.73 Å². The Bertz CT molecular complexity index is 354. The van der Waals surface area contributed by atoms with Crippen molar-refractivity contribution in [3.05, 3.63) is 29.8 Å². The van der Waals surface area contributed by atoms with Crippen molar-refractivity contribution in [3.8, 4) is 0 Å². The molecule has 70 valence electrons. The van der Waals surface area contributed by atoms with Crippen LogP contribution in [0.5, 0.6) is 0 Å². The topological polar surface area (TPSA) is 43.1 Å². The molecule has 14 heavy (non-hydrogen) atoms. The molecule has 2 rings (SSSR count). The van der Waals surface area contributed by atoms with E-state index in [9.17, 15) is 4.79 Å². The first-order chi connectivity index (χ1) is 6.65. The molecule has 0 atom stereocenters. The summed E-state index contributed by atoms with van der Waals surface area (Å²) >= 11 is 0. The van der Waals surface area contributed by atoms with E-state index in [2.05, 4.69) is 0 Å². The quantitative estimate of drug-likeness (QED) is 0.665. The zero-order valence-corrected chi connectivity index (χ0v) is 7.99. The Morgan fingerprint density at radius 3 is 2.21 bits per heavy atom. The van der Waals surface area contributed by atoms with Crippen LogP contribution in [-0.2, 0) is 10.2 Å². The van der Waals surface area contributed by atoms with E-state index in [4.69, 9.17) is 13.6 Å². The summed E-state index contributed by atoms with van der Waals surface area (Å²) in [5, 5.41) is 0. The molecule has 2 radical (unpaired) electrons. The van der Waals surface area contributed by atoms with Crippen molar-refractivity contribution in [1.82, 2.24) is 0 Å². The van der Waals surface area contributed by atoms with E-state index < -0.39 is 5.41 Å². The lowest BCUT2D eigenvalue weighted by Gasteiger charge is -2.39. The highest BCUT2D eigenvalue weighted by Gasteiger charge is 2.43. The van der Waals surface area contributed by atoms with Crippen LogP contribution in [0.2, 0.25) is 0 Å². The van der Waals surface area contributed by atoms with Gasteiger partial charge in [-0.05, 0) is 18.4 Å². The molecule has 1 aliphatic carbocycles. The highest BCUT2D eigenvalue weighted by atomic mass is 16.1. The summed E-state index contributed by atoms with van der Waals surface area (Å²) < 4.78 is 0. The number of carbonyl (C=O) groups excluding carboxylic acids is 1. The molecule has 0 aromatic heterocycles. The van der Waals surface area contributed by atoms with Gasteiger partial charge >= 0.3 is 0 Å². The molecule has 2 nitrogen and oxygen atoms in total. The van der Waals surface area contributed by atoms with Gasteiger partial charge in [-0.3, -0.25) is 4.79 Å². The third kappa shape index (κ3) is 1.24. The highest BCUT2D eigenvalue weighted by molar-refractivity contribution is 6.32. The van der Waals surface area contributed by atoms with E-state index >= 15 is 0 Å². The van der Waals surface area contributed by atoms with Gasteiger partial charge in [-0.25, -0.2) is 0 Å². The molecule has 1 fully saturated rings. The maximum absolute atomic E-state index is 11.4. The number of carbonyl (C=O) groups is 1. The molecule has 1 saturated carbocycles. The number of hydrogen-bond acceptors (Lipinski definition) is 1. The Labute approximate surface area is 84.9 Å². The lowest BCUT2D eigenvalue weighted by Crippen LogP contribution is -2.46. The average Bonchev–Trinajstić information content (AvgIpc) is 2.05. The average molecular weight is 185 g/mol. The summed E-state index contributed by atoms with van der Waals surface area (Å²) in [6.07, 6.45) is 2.81. The molecule has 0 spiro atoms. The van der Waals surface area contributed by atoms with E-state index in [1.54, 1.807) is 0 Å². The van der Waals surface area contributed by atoms with Gasteiger partial charge in [0.15, 0.2) is 0 Å². The highest BCUT2D eigenvalue weighted by Crippen LogP contribution is 2.43. The Kier molecular flexibility index (Phi) is 2.10. The van der Waals surface area contributed by atoms with Gasteiger partial charge in [0.1, 0.15) is 7.85 Å². The van der Waals surface area contributed by atoms with Crippen LogP contribution in [0, 0.1) is 0 Å². The van der Waals surface area contributed by atoms with Crippen molar-refractivity contribution in [1.29, 1.82) is 0 Å². The van der Waals surface area contributed by atoms with Crippen LogP contribution >= 0.6 is 0 Å². The summed E-state index contributed by atoms with van der Waals surface area (Å²) in [4.78, 5) is 11.4. The number of benzene rings is 1. The Morgan fingerprint density at radius 1 is 1.29 bits per heavy atom. The van der Waals surface area contributed by atoms with Crippen LogP contribution in [0.15, 0.2) is 24.3 Å². The third-order valence-corrected chi connectivity index (χ3v) is 3.14. The van der Waals surface area contributed by atoms with Crippen LogP contribution in [0.3, 0.4) is 0 Å². The van der Waals surface area contributed by atoms with Gasteiger partial charge in [0.2, 0.25) is 5.91 Å². The summed E-state index contributed by atoms with van der Waals surface area (Å²) in [6, 6.07) is 7.44. The number of rotatable bonds is 2. The van der Waals surface area contributed by atoms with E-state index in [0.717, 1.165) is 24.8 Å². The van der Waals surface area contributed by atoms with Crippen molar-refractivity contribution in [3.63, 3.8) is 0 Å². The largest absolute Gasteiger partial charge is 0.369 e. The molecular weight excluding hydrogens is 173 g/mol. The zero-order valence-electron chi connectivity index (χ0n) is 7.99. The first kappa shape index (κ1) is 9.32. The molecule has 3 heteroatoms. The van der Waals surface area contributed by atoms with E-state index in [0.29, 0.717) is 5.46 Å². The molecule has 0 bridgehead atoms. The second-order valence-electron chi connectivity index (χ2n) is 3.92. The van der Waals surface area contributed by atoms with Crippen molar-refractivity contribution >= 4 is 19.2 Å². The lowest BCUT2D eigenvalue weighted by atomic mass is 9.64. The second-order valence-corrected chi connectivity index (χ2v) is 3.92. The molecule has 1 aliphatic rings. The van der Waals surface area contributed by atoms with Crippen LogP contribution in [0.25, 0.3) is 0 Å². The predicted octanol–water partition coefficient (Wildman–Crippen LogP) is 0.387. The molecule has 0 saturated heterocycles. The second kappa shape index (κ2) is 3.16. The van der Waals surface area contributed by atoms with Crippen molar-refractivity contribution in [2.75, 3.05) is 0 Å². The first-order valence-corrected chi connectivity index (χ1v) is 4.81. The van der Waals surface area contributed by atoms with E-state index in [-0.39, 0.29) is 5.91 Å². The Morgan fingerprint density at radius 2 is 1.86 bits per heavy atom. The molecule has 2 N–H and O–H groups in total. The van der Waals surface area contributed by atoms with Gasteiger partial charge in [-0.1, -0.05) is 36.1 Å². The molecule has 0 heterocycles. The minimum Gasteiger partial charge on any atom is -0.369 e. The van der Waals surface area contributed by atoms with Crippen molar-refractivity contribution in [2.45, 2.75) is 24.7 Å². The summed E-state index contributed by atoms with van der Waals surface area (Å²) in [5.74, 6) is -0.214. The lowest BCUT2D eigenvalue weighted by molar-refractivity contribution is -0.126. The van der Waals surface area contributed by atoms with Crippen molar-refractivity contribution < 1.29 is 4.79 Å². The smallest absolute Gasteiger partial charge is 0.228 e. The van der Waals surface area contributed by atoms with Crippen LogP contribution < -0.4 is 11.2 Å². The maximum Gasteiger partial charge on any atom is 0.228 e. The van der Waals surface area contributed by atoms with Gasteiger partial charge in [0, 0.05) is 0 Å². The van der Waals surface area contributed by atoms with Gasteiger partial charge in [-0.2, -0.15) is 0 Å². The fraction of sp³-hybridized carbons (Fsp3) is 0.364. The van der Waals surface area contributed by atoms with Gasteiger partial charge in [-0.15, -0.1) is 0 Å². The summed E-state index contributed by atoms with van der Waals surface area (Å²) in [5.41, 5.74) is 6.74. The fourth-order valence-corrected chi connectivity index (χ4v) is 2.01. The van der Waals surface area contributed by atoms with E-state index in [1.165, 1.54) is 0 Å². The van der Waals surface area contributed by atoms with Gasteiger partial charge in [0.25, 0.3) is 0 Å². The monoisotopic (exact) mass is 185 g/mol. The van der Waals surface area contributed by atoms with Crippen LogP contribution in [-0.4, -0.2) is 13.8 Å². The minimum absolute atomic E-state index is 0.214. The normalized spacial score (nSPS) is 18.6. The minimum atomic E-state index is -0.409. The zero-order chi connectivity index (χ0) is 10.2. The van der Waals surface area contributed by atoms with E-state index in [1.807, 2.05) is 24.3 Å². The number of amides is 1. The van der Waals surface area contributed by atoms with Gasteiger partial charge in [0.05, 0.1) is 5.41 Å². The fourth-order valence-electron chi connectivity index (χ4n) is 2.01. The van der Waals surface area contributed by atoms with Crippen LogP contribution in [0.4, 0.5) is 0 Å². The molecule has 1 aromatic carbocycles. The maximum atomic E-state index is 11.4. The molecule has 1 amide bonds. The molecule has 0 aliphatic heterocycles. The Hall–Kier alpha value is -1.25. The predicted molar refractivity (Wildman–Crippen MR) is 56.6 cm³/mol. The van der Waals surface area contributed by atoms with Crippen LogP contribution in [0.1, 0.15) is 24.8 Å². The Balaban J connectivity index is 2.37. The van der Waals surface area contributed by atoms with Crippen molar-refractivity contribution in [2.24, 2.45) is 5.73 Å². The number of nitrogens with two attached hydrogens (primary N) is 1. The third-order valence-electron chi connectivity index (χ3n) is 3.14. The molecule has 1 aromatic rings. The number of primary amides is 1. The molecular formula is C11H12BNO. The molecule has 0 unspecified atom stereocenters. The summed E-state index contributed by atoms with van der Waals surface area (Å²) in [7, 11) is 5.59. The SMILES string of the molecule is [B]c1ccc(C2(C(N)=O)CCC2)cc1. The first-order valence-electron chi connectivity index (χ1n) is 4.81. The summed E-state index contributed by atoms with van der Waals surface area (Å²) in [6.45, 7) is 0.